The van der Waals surface area contributed by atoms with E-state index in [9.17, 15) is 26.4 Å². The van der Waals surface area contributed by atoms with E-state index in [4.69, 9.17) is 0 Å². The molecule has 0 atom stereocenters. The number of hydrogen-bond donors (Lipinski definition) is 2. The van der Waals surface area contributed by atoms with Gasteiger partial charge in [0, 0.05) is 17.8 Å². The molecule has 0 saturated carbocycles. The van der Waals surface area contributed by atoms with Crippen molar-refractivity contribution in [3.63, 3.8) is 0 Å². The van der Waals surface area contributed by atoms with Crippen LogP contribution in [0.25, 0.3) is 5.69 Å². The molecule has 0 spiro atoms. The number of hydrogen-bond acceptors (Lipinski definition) is 4. The number of carbonyl (C=O) groups is 1. The van der Waals surface area contributed by atoms with Crippen LogP contribution in [0, 0.1) is 13.8 Å². The normalized spacial score (nSPS) is 12.0. The van der Waals surface area contributed by atoms with Crippen LogP contribution in [0.1, 0.15) is 27.3 Å². The smallest absolute Gasteiger partial charge is 0.343 e. The molecule has 0 radical (unpaired) electrons. The summed E-state index contributed by atoms with van der Waals surface area (Å²) in [5.74, 6) is -0.937. The Bertz CT molecular complexity index is 1220. The van der Waals surface area contributed by atoms with Crippen molar-refractivity contribution in [1.82, 2.24) is 19.8 Å². The second-order valence-corrected chi connectivity index (χ2v) is 9.24. The first-order chi connectivity index (χ1) is 15.4. The van der Waals surface area contributed by atoms with Gasteiger partial charge in [-0.05, 0) is 68.3 Å². The number of aromatic nitrogens is 2. The van der Waals surface area contributed by atoms with Gasteiger partial charge >= 0.3 is 6.18 Å². The van der Waals surface area contributed by atoms with Gasteiger partial charge in [0.05, 0.1) is 16.3 Å². The summed E-state index contributed by atoms with van der Waals surface area (Å²) < 4.78 is 65.8. The third kappa shape index (κ3) is 6.65. The monoisotopic (exact) mass is 480 g/mol. The van der Waals surface area contributed by atoms with Crippen LogP contribution in [0.15, 0.2) is 59.5 Å². The Labute approximate surface area is 189 Å². The lowest BCUT2D eigenvalue weighted by Crippen LogP contribution is -2.33. The summed E-state index contributed by atoms with van der Waals surface area (Å²) in [6.07, 6.45) is -4.07. The SMILES string of the molecule is Cc1cc(C)n(-c2ccc(CCNS(=O)(=O)c3ccc(C(=O)NCC(F)(F)F)cc3)cc2)n1. The van der Waals surface area contributed by atoms with Crippen LogP contribution in [0.5, 0.6) is 0 Å². The van der Waals surface area contributed by atoms with Crippen molar-refractivity contribution in [3.8, 4) is 5.69 Å². The molecule has 3 aromatic rings. The molecule has 176 valence electrons. The van der Waals surface area contributed by atoms with Gasteiger partial charge in [0.25, 0.3) is 5.91 Å². The van der Waals surface area contributed by atoms with E-state index < -0.39 is 28.7 Å². The Hall–Kier alpha value is -3.18. The lowest BCUT2D eigenvalue weighted by molar-refractivity contribution is -0.123. The second kappa shape index (κ2) is 9.75. The highest BCUT2D eigenvalue weighted by atomic mass is 32.2. The van der Waals surface area contributed by atoms with Crippen molar-refractivity contribution >= 4 is 15.9 Å². The molecule has 7 nitrogen and oxygen atoms in total. The van der Waals surface area contributed by atoms with E-state index in [0.717, 1.165) is 34.8 Å². The number of nitrogens with zero attached hydrogens (tertiary/aromatic N) is 2. The number of halogens is 3. The zero-order chi connectivity index (χ0) is 24.2. The van der Waals surface area contributed by atoms with Gasteiger partial charge in [-0.2, -0.15) is 18.3 Å². The molecule has 0 bridgehead atoms. The fourth-order valence-corrected chi connectivity index (χ4v) is 4.21. The number of rotatable bonds is 8. The van der Waals surface area contributed by atoms with Crippen molar-refractivity contribution in [2.24, 2.45) is 0 Å². The third-order valence-electron chi connectivity index (χ3n) is 4.77. The van der Waals surface area contributed by atoms with E-state index in [0.29, 0.717) is 6.42 Å². The molecule has 11 heteroatoms. The summed E-state index contributed by atoms with van der Waals surface area (Å²) in [5.41, 5.74) is 3.70. The zero-order valence-corrected chi connectivity index (χ0v) is 18.8. The fourth-order valence-electron chi connectivity index (χ4n) is 3.18. The summed E-state index contributed by atoms with van der Waals surface area (Å²) in [6.45, 7) is 2.56. The number of nitrogens with one attached hydrogen (secondary N) is 2. The largest absolute Gasteiger partial charge is 0.405 e. The molecule has 1 amide bonds. The molecule has 0 aliphatic carbocycles. The molecule has 1 aromatic heterocycles. The van der Waals surface area contributed by atoms with Gasteiger partial charge in [-0.15, -0.1) is 0 Å². The Morgan fingerprint density at radius 3 is 2.21 bits per heavy atom. The molecule has 33 heavy (non-hydrogen) atoms. The summed E-state index contributed by atoms with van der Waals surface area (Å²) >= 11 is 0. The average molecular weight is 481 g/mol. The first-order valence-electron chi connectivity index (χ1n) is 10.0. The first kappa shape index (κ1) is 24.5. The molecule has 0 unspecified atom stereocenters. The zero-order valence-electron chi connectivity index (χ0n) is 18.0. The molecule has 0 saturated heterocycles. The molecule has 1 heterocycles. The van der Waals surface area contributed by atoms with Crippen LogP contribution in [0.2, 0.25) is 0 Å². The predicted octanol–water partition coefficient (Wildman–Crippen LogP) is 3.30. The number of benzene rings is 2. The molecule has 0 fully saturated rings. The summed E-state index contributed by atoms with van der Waals surface area (Å²) in [4.78, 5) is 11.6. The maximum absolute atomic E-state index is 12.5. The summed E-state index contributed by atoms with van der Waals surface area (Å²) in [5, 5.41) is 6.16. The predicted molar refractivity (Wildman–Crippen MR) is 117 cm³/mol. The molecule has 3 rings (SSSR count). The first-order valence-corrected chi connectivity index (χ1v) is 11.5. The van der Waals surface area contributed by atoms with E-state index in [1.807, 2.05) is 48.9 Å². The fraction of sp³-hybridized carbons (Fsp3) is 0.273. The standard InChI is InChI=1S/C22H23F3N4O3S/c1-15-13-16(2)29(28-15)19-7-3-17(4-8-19)11-12-27-33(31,32)20-9-5-18(6-10-20)21(30)26-14-22(23,24)25/h3-10,13,27H,11-12,14H2,1-2H3,(H,26,30). The van der Waals surface area contributed by atoms with E-state index in [-0.39, 0.29) is 17.0 Å². The van der Waals surface area contributed by atoms with Crippen LogP contribution in [-0.2, 0) is 16.4 Å². The molecule has 0 aliphatic rings. The minimum absolute atomic E-state index is 0.0686. The van der Waals surface area contributed by atoms with Gasteiger partial charge < -0.3 is 5.32 Å². The van der Waals surface area contributed by atoms with Crippen LogP contribution >= 0.6 is 0 Å². The Kier molecular flexibility index (Phi) is 7.23. The summed E-state index contributed by atoms with van der Waals surface area (Å²) in [6, 6.07) is 14.3. The highest BCUT2D eigenvalue weighted by Gasteiger charge is 2.28. The highest BCUT2D eigenvalue weighted by molar-refractivity contribution is 7.89. The number of carbonyl (C=O) groups excluding carboxylic acids is 1. The Morgan fingerprint density at radius 1 is 1.03 bits per heavy atom. The highest BCUT2D eigenvalue weighted by Crippen LogP contribution is 2.15. The van der Waals surface area contributed by atoms with Gasteiger partial charge in [-0.25, -0.2) is 17.8 Å². The van der Waals surface area contributed by atoms with Gasteiger partial charge in [-0.3, -0.25) is 4.79 Å². The third-order valence-corrected chi connectivity index (χ3v) is 6.25. The Balaban J connectivity index is 1.55. The van der Waals surface area contributed by atoms with Crippen LogP contribution in [-0.4, -0.2) is 43.4 Å². The average Bonchev–Trinajstić information content (AvgIpc) is 3.10. The lowest BCUT2D eigenvalue weighted by atomic mass is 10.1. The van der Waals surface area contributed by atoms with E-state index in [1.165, 1.54) is 12.1 Å². The minimum atomic E-state index is -4.53. The number of amides is 1. The van der Waals surface area contributed by atoms with Gasteiger partial charge in [-0.1, -0.05) is 12.1 Å². The van der Waals surface area contributed by atoms with Crippen LogP contribution in [0.4, 0.5) is 13.2 Å². The molecule has 2 aromatic carbocycles. The van der Waals surface area contributed by atoms with Crippen molar-refractivity contribution in [2.75, 3.05) is 13.1 Å². The van der Waals surface area contributed by atoms with Crippen LogP contribution < -0.4 is 10.0 Å². The topological polar surface area (TPSA) is 93.1 Å². The quantitative estimate of drug-likeness (QED) is 0.518. The van der Waals surface area contributed by atoms with Gasteiger partial charge in [0.2, 0.25) is 10.0 Å². The van der Waals surface area contributed by atoms with Crippen LogP contribution in [0.3, 0.4) is 0 Å². The van der Waals surface area contributed by atoms with Gasteiger partial charge in [0.1, 0.15) is 6.54 Å². The Morgan fingerprint density at radius 2 is 1.67 bits per heavy atom. The molecule has 0 aliphatic heterocycles. The van der Waals surface area contributed by atoms with Gasteiger partial charge in [0.15, 0.2) is 0 Å². The van der Waals surface area contributed by atoms with Crippen molar-refractivity contribution in [2.45, 2.75) is 31.3 Å². The van der Waals surface area contributed by atoms with Crippen molar-refractivity contribution < 1.29 is 26.4 Å². The number of sulfonamides is 1. The lowest BCUT2D eigenvalue weighted by Gasteiger charge is -2.10. The van der Waals surface area contributed by atoms with Crippen molar-refractivity contribution in [3.05, 3.63) is 77.1 Å². The molecule has 2 N–H and O–H groups in total. The van der Waals surface area contributed by atoms with E-state index in [2.05, 4.69) is 9.82 Å². The minimum Gasteiger partial charge on any atom is -0.343 e. The maximum Gasteiger partial charge on any atom is 0.405 e. The molecular formula is C22H23F3N4O3S. The number of aryl methyl sites for hydroxylation is 2. The molecular weight excluding hydrogens is 457 g/mol. The van der Waals surface area contributed by atoms with E-state index >= 15 is 0 Å². The number of alkyl halides is 3. The second-order valence-electron chi connectivity index (χ2n) is 7.48. The maximum atomic E-state index is 12.5. The summed E-state index contributed by atoms with van der Waals surface area (Å²) in [7, 11) is -3.84. The van der Waals surface area contributed by atoms with Crippen molar-refractivity contribution in [1.29, 1.82) is 0 Å². The van der Waals surface area contributed by atoms with E-state index in [1.54, 1.807) is 5.32 Å².